The Morgan fingerprint density at radius 2 is 2.08 bits per heavy atom. The van der Waals surface area contributed by atoms with E-state index in [1.165, 1.54) is 0 Å². The molecule has 0 aromatic carbocycles. The van der Waals surface area contributed by atoms with Crippen LogP contribution in [0, 0.1) is 28.6 Å². The molecular formula is C19H22O6. The van der Waals surface area contributed by atoms with E-state index < -0.39 is 45.8 Å². The van der Waals surface area contributed by atoms with Crippen molar-refractivity contribution in [3.63, 3.8) is 0 Å². The van der Waals surface area contributed by atoms with E-state index >= 15 is 0 Å². The first kappa shape index (κ1) is 15.6. The van der Waals surface area contributed by atoms with Crippen LogP contribution in [0.5, 0.6) is 0 Å². The van der Waals surface area contributed by atoms with Gasteiger partial charge in [-0.2, -0.15) is 0 Å². The Morgan fingerprint density at radius 1 is 1.32 bits per heavy atom. The fourth-order valence-electron chi connectivity index (χ4n) is 7.60. The van der Waals surface area contributed by atoms with Crippen LogP contribution in [0.1, 0.15) is 44.9 Å². The fraction of sp³-hybridized carbons (Fsp3) is 0.737. The summed E-state index contributed by atoms with van der Waals surface area (Å²) >= 11 is 0. The number of hydrogen-bond donors (Lipinski definition) is 2. The second-order valence-corrected chi connectivity index (χ2v) is 8.96. The van der Waals surface area contributed by atoms with Gasteiger partial charge in [0.15, 0.2) is 0 Å². The van der Waals surface area contributed by atoms with Gasteiger partial charge in [-0.1, -0.05) is 6.58 Å². The summed E-state index contributed by atoms with van der Waals surface area (Å²) in [6, 6.07) is 0. The molecule has 6 heteroatoms. The highest BCUT2D eigenvalue weighted by molar-refractivity contribution is 5.98. The van der Waals surface area contributed by atoms with Crippen molar-refractivity contribution in [3.8, 4) is 0 Å². The number of hydrogen-bond acceptors (Lipinski definition) is 5. The number of esters is 1. The first-order chi connectivity index (χ1) is 11.8. The number of aliphatic carboxylic acids is 1. The average molecular weight is 346 g/mol. The van der Waals surface area contributed by atoms with Crippen LogP contribution < -0.4 is 0 Å². The first-order valence-corrected chi connectivity index (χ1v) is 9.09. The van der Waals surface area contributed by atoms with Gasteiger partial charge in [0, 0.05) is 11.8 Å². The molecule has 5 fully saturated rings. The van der Waals surface area contributed by atoms with Gasteiger partial charge >= 0.3 is 11.9 Å². The van der Waals surface area contributed by atoms with Crippen molar-refractivity contribution in [2.24, 2.45) is 28.6 Å². The summed E-state index contributed by atoms with van der Waals surface area (Å²) in [5.41, 5.74) is -3.20. The van der Waals surface area contributed by atoms with Gasteiger partial charge in [0.1, 0.15) is 17.3 Å². The van der Waals surface area contributed by atoms with Gasteiger partial charge in [0.05, 0.1) is 11.5 Å². The van der Waals surface area contributed by atoms with Crippen molar-refractivity contribution in [2.45, 2.75) is 56.1 Å². The van der Waals surface area contributed by atoms with E-state index in [0.717, 1.165) is 0 Å². The molecular weight excluding hydrogens is 324 g/mol. The van der Waals surface area contributed by atoms with Gasteiger partial charge in [-0.05, 0) is 55.9 Å². The molecule has 1 spiro atoms. The molecule has 0 radical (unpaired) electrons. The normalized spacial score (nSPS) is 55.5. The number of carboxylic acids is 1. The summed E-state index contributed by atoms with van der Waals surface area (Å²) in [5.74, 6) is -3.14. The van der Waals surface area contributed by atoms with E-state index in [9.17, 15) is 24.6 Å². The molecule has 1 heterocycles. The lowest BCUT2D eigenvalue weighted by molar-refractivity contribution is -0.163. The molecule has 0 amide bonds. The van der Waals surface area contributed by atoms with E-state index in [2.05, 4.69) is 6.58 Å². The first-order valence-electron chi connectivity index (χ1n) is 9.09. The molecule has 4 aliphatic carbocycles. The van der Waals surface area contributed by atoms with Gasteiger partial charge in [-0.3, -0.25) is 9.59 Å². The Balaban J connectivity index is 1.77. The maximum atomic E-state index is 12.7. The smallest absolute Gasteiger partial charge is 0.320 e. The summed E-state index contributed by atoms with van der Waals surface area (Å²) in [7, 11) is 0. The van der Waals surface area contributed by atoms with Gasteiger partial charge in [-0.15, -0.1) is 0 Å². The van der Waals surface area contributed by atoms with Crippen molar-refractivity contribution < 1.29 is 29.3 Å². The Labute approximate surface area is 145 Å². The third kappa shape index (κ3) is 1.39. The van der Waals surface area contributed by atoms with Crippen LogP contribution in [-0.4, -0.2) is 39.6 Å². The zero-order valence-electron chi connectivity index (χ0n) is 14.0. The number of aliphatic hydroxyl groups is 1. The van der Waals surface area contributed by atoms with Gasteiger partial charge in [0.25, 0.3) is 0 Å². The Bertz CT molecular complexity index is 744. The largest absolute Gasteiger partial charge is 0.481 e. The fourth-order valence-corrected chi connectivity index (χ4v) is 7.60. The van der Waals surface area contributed by atoms with Crippen LogP contribution in [0.4, 0.5) is 0 Å². The molecule has 5 rings (SSSR count). The van der Waals surface area contributed by atoms with Crippen molar-refractivity contribution in [1.82, 2.24) is 0 Å². The lowest BCUT2D eigenvalue weighted by atomic mass is 9.60. The summed E-state index contributed by atoms with van der Waals surface area (Å²) in [6.07, 6.45) is 4.23. The van der Waals surface area contributed by atoms with E-state index in [0.29, 0.717) is 56.8 Å². The monoisotopic (exact) mass is 346 g/mol. The minimum atomic E-state index is -1.34. The molecule has 25 heavy (non-hydrogen) atoms. The number of carbonyl (C=O) groups is 3. The van der Waals surface area contributed by atoms with Crippen LogP contribution in [0.2, 0.25) is 0 Å². The third-order valence-corrected chi connectivity index (χ3v) is 8.28. The molecule has 134 valence electrons. The molecule has 4 bridgehead atoms. The highest BCUT2D eigenvalue weighted by Crippen LogP contribution is 2.78. The maximum Gasteiger partial charge on any atom is 0.320 e. The van der Waals surface area contributed by atoms with Crippen LogP contribution in [-0.2, 0) is 19.1 Å². The summed E-state index contributed by atoms with van der Waals surface area (Å²) in [5, 5.41) is 21.1. The number of fused-ring (bicyclic) bond motifs is 1. The summed E-state index contributed by atoms with van der Waals surface area (Å²) in [6.45, 7) is 4.03. The summed E-state index contributed by atoms with van der Waals surface area (Å²) in [4.78, 5) is 37.1. The molecule has 1 saturated heterocycles. The average Bonchev–Trinajstić information content (AvgIpc) is 2.95. The Morgan fingerprint density at radius 3 is 2.76 bits per heavy atom. The number of rotatable bonds is 2. The second kappa shape index (κ2) is 4.17. The predicted octanol–water partition coefficient (Wildman–Crippen LogP) is 1.46. The van der Waals surface area contributed by atoms with Crippen LogP contribution in [0.3, 0.4) is 0 Å². The molecule has 0 aromatic heterocycles. The van der Waals surface area contributed by atoms with Gasteiger partial charge in [-0.25, -0.2) is 0 Å². The van der Waals surface area contributed by atoms with E-state index in [-0.39, 0.29) is 5.92 Å². The third-order valence-electron chi connectivity index (χ3n) is 8.28. The van der Waals surface area contributed by atoms with Crippen molar-refractivity contribution >= 4 is 18.2 Å². The van der Waals surface area contributed by atoms with Crippen molar-refractivity contribution in [2.75, 3.05) is 0 Å². The molecule has 0 aromatic rings. The highest BCUT2D eigenvalue weighted by atomic mass is 16.6. The van der Waals surface area contributed by atoms with Crippen molar-refractivity contribution in [3.05, 3.63) is 12.2 Å². The van der Waals surface area contributed by atoms with Crippen LogP contribution >= 0.6 is 0 Å². The van der Waals surface area contributed by atoms with E-state index in [4.69, 9.17) is 4.74 Å². The molecule has 6 nitrogen and oxygen atoms in total. The number of carboxylic acid groups (broad SMARTS) is 1. The van der Waals surface area contributed by atoms with E-state index in [1.54, 1.807) is 0 Å². The zero-order chi connectivity index (χ0) is 17.8. The van der Waals surface area contributed by atoms with Crippen LogP contribution in [0.25, 0.3) is 0 Å². The zero-order valence-corrected chi connectivity index (χ0v) is 14.0. The van der Waals surface area contributed by atoms with Gasteiger partial charge < -0.3 is 19.7 Å². The number of aldehydes is 1. The quantitative estimate of drug-likeness (QED) is 0.340. The lowest BCUT2D eigenvalue weighted by Crippen LogP contribution is -2.49. The van der Waals surface area contributed by atoms with Crippen molar-refractivity contribution in [1.29, 1.82) is 0 Å². The molecule has 2 N–H and O–H groups in total. The topological polar surface area (TPSA) is 101 Å². The SMILES string of the molecule is C=C1CC23CC1(O)CCC2C12CCCC(C=O)(C(=O)O1)C2C3C(=O)O. The minimum absolute atomic E-state index is 0.128. The highest BCUT2D eigenvalue weighted by Gasteiger charge is 2.83. The lowest BCUT2D eigenvalue weighted by Gasteiger charge is -2.45. The standard InChI is InChI=1S/C19H22O6/c1-10-7-17-8-18(10,24)6-3-11(17)19-5-2-4-16(9-20,15(23)25-19)13(19)12(17)14(21)22/h9,11-13,24H,1-8H2,(H,21,22). The molecule has 7 unspecified atom stereocenters. The van der Waals surface area contributed by atoms with Gasteiger partial charge in [0.2, 0.25) is 0 Å². The maximum absolute atomic E-state index is 12.7. The predicted molar refractivity (Wildman–Crippen MR) is 84.3 cm³/mol. The second-order valence-electron chi connectivity index (χ2n) is 8.96. The Kier molecular flexibility index (Phi) is 2.59. The number of carbonyl (C=O) groups excluding carboxylic acids is 2. The summed E-state index contributed by atoms with van der Waals surface area (Å²) < 4.78 is 5.91. The Hall–Kier alpha value is -1.69. The van der Waals surface area contributed by atoms with Crippen LogP contribution in [0.15, 0.2) is 12.2 Å². The molecule has 1 aliphatic heterocycles. The molecule has 4 saturated carbocycles. The minimum Gasteiger partial charge on any atom is -0.481 e. The number of ether oxygens (including phenoxy) is 1. The van der Waals surface area contributed by atoms with E-state index in [1.807, 2.05) is 0 Å². The molecule has 7 atom stereocenters. The molecule has 5 aliphatic rings.